The average molecular weight is 575 g/mol. The molecule has 0 bridgehead atoms. The van der Waals surface area contributed by atoms with Gasteiger partial charge in [0.15, 0.2) is 20.4 Å². The van der Waals surface area contributed by atoms with Gasteiger partial charge in [0.1, 0.15) is 0 Å². The number of carbonyl (C=O) groups excluding carboxylic acids is 3. The number of amides is 2. The highest BCUT2D eigenvalue weighted by Crippen LogP contribution is 2.27. The minimum atomic E-state index is -2.60. The summed E-state index contributed by atoms with van der Waals surface area (Å²) in [4.78, 5) is 58.6. The van der Waals surface area contributed by atoms with Crippen LogP contribution in [-0.2, 0) is 14.3 Å². The standard InChI is InChI=1S/C23H32ClN4O7P.CH4O/c1-16(26-19-8-9-25-20-14-17(24)6-7-18(19)20)4-2-10-28(11-12-29)23(32)35-13-3-5-21(31)27-22(15-30)36(33)34;1-2/h6-9,14-16,22,29,33-34H,2-5,10-13H2,1H3,(H,25,26)(H,27,31);2H,1H3. The highest BCUT2D eigenvalue weighted by Gasteiger charge is 2.19. The largest absolute Gasteiger partial charge is 0.449 e. The van der Waals surface area contributed by atoms with E-state index in [2.05, 4.69) is 15.6 Å². The first kappa shape index (κ1) is 33.4. The molecular weight excluding hydrogens is 539 g/mol. The van der Waals surface area contributed by atoms with Gasteiger partial charge in [0.25, 0.3) is 0 Å². The van der Waals surface area contributed by atoms with Crippen molar-refractivity contribution in [2.75, 3.05) is 38.7 Å². The molecule has 0 radical (unpaired) electrons. The van der Waals surface area contributed by atoms with Crippen LogP contribution >= 0.6 is 20.0 Å². The number of nitrogens with one attached hydrogen (secondary N) is 2. The second kappa shape index (κ2) is 18.6. The maximum atomic E-state index is 12.4. The molecule has 0 aliphatic carbocycles. The molecule has 2 rings (SSSR count). The molecular formula is C24H36ClN4O8P. The van der Waals surface area contributed by atoms with Crippen molar-refractivity contribution in [2.45, 2.75) is 44.4 Å². The van der Waals surface area contributed by atoms with Crippen LogP contribution in [0.15, 0.2) is 30.5 Å². The number of hydrogen-bond acceptors (Lipinski definition) is 10. The van der Waals surface area contributed by atoms with Crippen LogP contribution in [0.1, 0.15) is 32.6 Å². The number of benzene rings is 1. The van der Waals surface area contributed by atoms with Crippen molar-refractivity contribution in [3.8, 4) is 0 Å². The number of hydrogen-bond donors (Lipinski definition) is 6. The number of ether oxygens (including phenoxy) is 1. The molecule has 0 saturated carbocycles. The Morgan fingerprint density at radius 3 is 2.61 bits per heavy atom. The summed E-state index contributed by atoms with van der Waals surface area (Å²) in [6.07, 6.45) is 2.93. The quantitative estimate of drug-likeness (QED) is 0.105. The van der Waals surface area contributed by atoms with Crippen molar-refractivity contribution in [2.24, 2.45) is 0 Å². The van der Waals surface area contributed by atoms with E-state index in [-0.39, 0.29) is 44.9 Å². The SMILES string of the molecule is CC(CCCN(CCO)C(=O)OCCCC(=O)NC(C=O)P(O)O)Nc1ccnc2cc(Cl)ccc12.CO. The molecule has 212 valence electrons. The van der Waals surface area contributed by atoms with E-state index in [1.807, 2.05) is 25.1 Å². The van der Waals surface area contributed by atoms with E-state index >= 15 is 0 Å². The van der Waals surface area contributed by atoms with Gasteiger partial charge in [0.05, 0.1) is 18.7 Å². The van der Waals surface area contributed by atoms with Crippen molar-refractivity contribution in [1.29, 1.82) is 0 Å². The van der Waals surface area contributed by atoms with Crippen molar-refractivity contribution in [3.05, 3.63) is 35.5 Å². The van der Waals surface area contributed by atoms with Crippen LogP contribution in [-0.4, -0.2) is 93.4 Å². The first-order chi connectivity index (χ1) is 18.2. The first-order valence-electron chi connectivity index (χ1n) is 11.9. The van der Waals surface area contributed by atoms with E-state index in [4.69, 9.17) is 31.2 Å². The lowest BCUT2D eigenvalue weighted by molar-refractivity contribution is -0.123. The Morgan fingerprint density at radius 1 is 1.21 bits per heavy atom. The van der Waals surface area contributed by atoms with Crippen LogP contribution in [0.25, 0.3) is 10.9 Å². The molecule has 0 aliphatic heterocycles. The number of aldehydes is 1. The third-order valence-electron chi connectivity index (χ3n) is 5.26. The molecule has 6 N–H and O–H groups in total. The van der Waals surface area contributed by atoms with Gasteiger partial charge in [0, 0.05) is 55.0 Å². The number of rotatable bonds is 15. The van der Waals surface area contributed by atoms with Crippen LogP contribution in [0.4, 0.5) is 10.5 Å². The third-order valence-corrected chi connectivity index (χ3v) is 6.24. The van der Waals surface area contributed by atoms with Crippen LogP contribution in [0, 0.1) is 0 Å². The highest BCUT2D eigenvalue weighted by atomic mass is 35.5. The third kappa shape index (κ3) is 11.8. The van der Waals surface area contributed by atoms with Gasteiger partial charge in [-0.3, -0.25) is 9.78 Å². The zero-order chi connectivity index (χ0) is 28.5. The molecule has 1 aromatic carbocycles. The molecule has 2 atom stereocenters. The Kier molecular flexibility index (Phi) is 16.4. The summed E-state index contributed by atoms with van der Waals surface area (Å²) in [6, 6.07) is 7.54. The lowest BCUT2D eigenvalue weighted by Crippen LogP contribution is -2.36. The van der Waals surface area contributed by atoms with Crippen molar-refractivity contribution < 1.29 is 39.1 Å². The summed E-state index contributed by atoms with van der Waals surface area (Å²) in [6.45, 7) is 2.29. The van der Waals surface area contributed by atoms with E-state index < -0.39 is 26.2 Å². The summed E-state index contributed by atoms with van der Waals surface area (Å²) in [5.41, 5.74) is 1.73. The summed E-state index contributed by atoms with van der Waals surface area (Å²) in [5, 5.41) is 23.5. The number of aliphatic hydroxyl groups excluding tert-OH is 2. The van der Waals surface area contributed by atoms with Gasteiger partial charge >= 0.3 is 6.09 Å². The molecule has 38 heavy (non-hydrogen) atoms. The van der Waals surface area contributed by atoms with Crippen molar-refractivity contribution >= 4 is 54.9 Å². The second-order valence-corrected chi connectivity index (χ2v) is 9.74. The topological polar surface area (TPSA) is 182 Å². The molecule has 1 heterocycles. The molecule has 0 spiro atoms. The maximum absolute atomic E-state index is 12.4. The van der Waals surface area contributed by atoms with Gasteiger partial charge in [-0.15, -0.1) is 0 Å². The number of aromatic nitrogens is 1. The van der Waals surface area contributed by atoms with E-state index in [9.17, 15) is 19.5 Å². The van der Waals surface area contributed by atoms with E-state index in [1.165, 1.54) is 4.90 Å². The maximum Gasteiger partial charge on any atom is 0.409 e. The molecule has 14 heteroatoms. The molecule has 1 aromatic heterocycles. The number of aliphatic hydroxyl groups is 2. The molecule has 2 aromatic rings. The smallest absolute Gasteiger partial charge is 0.409 e. The lowest BCUT2D eigenvalue weighted by atomic mass is 10.1. The van der Waals surface area contributed by atoms with E-state index in [0.29, 0.717) is 18.0 Å². The summed E-state index contributed by atoms with van der Waals surface area (Å²) in [5.74, 6) is -1.90. The molecule has 0 fully saturated rings. The minimum absolute atomic E-state index is 0.0377. The van der Waals surface area contributed by atoms with Gasteiger partial charge in [-0.25, -0.2) is 4.79 Å². The van der Waals surface area contributed by atoms with Crippen LogP contribution < -0.4 is 10.6 Å². The Bertz CT molecular complexity index is 1020. The second-order valence-electron chi connectivity index (χ2n) is 8.10. The first-order valence-corrected chi connectivity index (χ1v) is 13.6. The van der Waals surface area contributed by atoms with Crippen LogP contribution in [0.2, 0.25) is 5.02 Å². The average Bonchev–Trinajstić information content (AvgIpc) is 2.90. The summed E-state index contributed by atoms with van der Waals surface area (Å²) < 4.78 is 5.20. The number of fused-ring (bicyclic) bond motifs is 1. The zero-order valence-corrected chi connectivity index (χ0v) is 23.1. The number of halogens is 1. The Morgan fingerprint density at radius 2 is 1.95 bits per heavy atom. The van der Waals surface area contributed by atoms with E-state index in [1.54, 1.807) is 12.3 Å². The summed E-state index contributed by atoms with van der Waals surface area (Å²) in [7, 11) is -1.60. The monoisotopic (exact) mass is 574 g/mol. The molecule has 0 aliphatic rings. The van der Waals surface area contributed by atoms with Crippen LogP contribution in [0.3, 0.4) is 0 Å². The van der Waals surface area contributed by atoms with Gasteiger partial charge in [-0.1, -0.05) is 11.6 Å². The minimum Gasteiger partial charge on any atom is -0.449 e. The fourth-order valence-electron chi connectivity index (χ4n) is 3.45. The molecule has 2 unspecified atom stereocenters. The number of nitrogens with zero attached hydrogens (tertiary/aromatic N) is 2. The fraction of sp³-hybridized carbons (Fsp3) is 0.500. The van der Waals surface area contributed by atoms with E-state index in [0.717, 1.165) is 30.1 Å². The van der Waals surface area contributed by atoms with Crippen LogP contribution in [0.5, 0.6) is 0 Å². The number of carbonyl (C=O) groups is 3. The Hall–Kier alpha value is -2.60. The van der Waals surface area contributed by atoms with Gasteiger partial charge < -0.3 is 45.1 Å². The molecule has 12 nitrogen and oxygen atoms in total. The fourth-order valence-corrected chi connectivity index (χ4v) is 3.99. The summed E-state index contributed by atoms with van der Waals surface area (Å²) >= 11 is 6.05. The zero-order valence-electron chi connectivity index (χ0n) is 21.4. The predicted molar refractivity (Wildman–Crippen MR) is 146 cm³/mol. The molecule has 2 amide bonds. The predicted octanol–water partition coefficient (Wildman–Crippen LogP) is 2.23. The Labute approximate surface area is 227 Å². The highest BCUT2D eigenvalue weighted by molar-refractivity contribution is 7.47. The number of anilines is 1. The van der Waals surface area contributed by atoms with Crippen molar-refractivity contribution in [1.82, 2.24) is 15.2 Å². The molecule has 0 saturated heterocycles. The normalized spacial score (nSPS) is 12.2. The Balaban J connectivity index is 0.00000352. The van der Waals surface area contributed by atoms with Crippen molar-refractivity contribution in [3.63, 3.8) is 0 Å². The van der Waals surface area contributed by atoms with Gasteiger partial charge in [0.2, 0.25) is 5.91 Å². The number of pyridine rings is 1. The van der Waals surface area contributed by atoms with Gasteiger partial charge in [-0.05, 0) is 50.5 Å². The lowest BCUT2D eigenvalue weighted by Gasteiger charge is -2.23. The van der Waals surface area contributed by atoms with Gasteiger partial charge in [-0.2, -0.15) is 0 Å².